The molecule has 0 saturated carbocycles. The number of hydrogen-bond donors (Lipinski definition) is 1. The van der Waals surface area contributed by atoms with Gasteiger partial charge in [-0.3, -0.25) is 4.79 Å². The molecule has 0 aliphatic carbocycles. The van der Waals surface area contributed by atoms with E-state index < -0.39 is 10.0 Å². The fourth-order valence-electron chi connectivity index (χ4n) is 3.43. The number of carbonyl (C=O) groups excluding carboxylic acids is 1. The largest absolute Gasteiger partial charge is 0.341 e. The Labute approximate surface area is 177 Å². The molecule has 0 radical (unpaired) electrons. The SMILES string of the molecule is O=C(Cc1cccs1)N(CCCc1ccccc1)CCS(=O)(=O)N1CCNCC1. The van der Waals surface area contributed by atoms with Gasteiger partial charge in [-0.25, -0.2) is 8.42 Å². The summed E-state index contributed by atoms with van der Waals surface area (Å²) in [4.78, 5) is 15.6. The van der Waals surface area contributed by atoms with Crippen LogP contribution in [0.2, 0.25) is 0 Å². The van der Waals surface area contributed by atoms with E-state index in [0.717, 1.165) is 17.7 Å². The Kier molecular flexibility index (Phi) is 8.23. The monoisotopic (exact) mass is 435 g/mol. The van der Waals surface area contributed by atoms with E-state index in [-0.39, 0.29) is 18.2 Å². The van der Waals surface area contributed by atoms with Gasteiger partial charge in [0.25, 0.3) is 0 Å². The lowest BCUT2D eigenvalue weighted by atomic mass is 10.1. The number of rotatable bonds is 10. The summed E-state index contributed by atoms with van der Waals surface area (Å²) >= 11 is 1.55. The first-order valence-electron chi connectivity index (χ1n) is 10.1. The number of sulfonamides is 1. The Bertz CT molecular complexity index is 849. The number of aryl methyl sites for hydroxylation is 1. The van der Waals surface area contributed by atoms with Crippen LogP contribution in [0.15, 0.2) is 47.8 Å². The van der Waals surface area contributed by atoms with Crippen molar-refractivity contribution < 1.29 is 13.2 Å². The zero-order valence-corrected chi connectivity index (χ0v) is 18.3. The zero-order valence-electron chi connectivity index (χ0n) is 16.6. The third-order valence-corrected chi connectivity index (χ3v) is 7.81. The Morgan fingerprint density at radius 3 is 2.52 bits per heavy atom. The smallest absolute Gasteiger partial charge is 0.227 e. The fourth-order valence-corrected chi connectivity index (χ4v) is 5.58. The van der Waals surface area contributed by atoms with Crippen molar-refractivity contribution in [3.8, 4) is 0 Å². The molecule has 1 amide bonds. The minimum Gasteiger partial charge on any atom is -0.341 e. The van der Waals surface area contributed by atoms with Crippen LogP contribution in [0.1, 0.15) is 16.9 Å². The highest BCUT2D eigenvalue weighted by Gasteiger charge is 2.25. The van der Waals surface area contributed by atoms with Gasteiger partial charge in [0, 0.05) is 44.1 Å². The predicted molar refractivity (Wildman–Crippen MR) is 118 cm³/mol. The molecule has 0 bridgehead atoms. The normalized spacial score (nSPS) is 15.3. The number of nitrogens with one attached hydrogen (secondary N) is 1. The molecule has 0 spiro atoms. The van der Waals surface area contributed by atoms with Crippen molar-refractivity contribution in [3.63, 3.8) is 0 Å². The van der Waals surface area contributed by atoms with Crippen LogP contribution in [0.4, 0.5) is 0 Å². The van der Waals surface area contributed by atoms with Gasteiger partial charge in [-0.1, -0.05) is 36.4 Å². The van der Waals surface area contributed by atoms with Gasteiger partial charge in [0.15, 0.2) is 0 Å². The summed E-state index contributed by atoms with van der Waals surface area (Å²) in [6.07, 6.45) is 2.01. The van der Waals surface area contributed by atoms with Crippen LogP contribution in [0, 0.1) is 0 Å². The maximum atomic E-state index is 12.9. The molecule has 2 heterocycles. The van der Waals surface area contributed by atoms with Gasteiger partial charge in [-0.05, 0) is 29.9 Å². The lowest BCUT2D eigenvalue weighted by Gasteiger charge is -2.28. The molecule has 8 heteroatoms. The first kappa shape index (κ1) is 22.0. The second-order valence-corrected chi connectivity index (χ2v) is 10.3. The Hall–Kier alpha value is -1.74. The zero-order chi connectivity index (χ0) is 20.5. The van der Waals surface area contributed by atoms with Gasteiger partial charge >= 0.3 is 0 Å². The molecular weight excluding hydrogens is 406 g/mol. The fraction of sp³-hybridized carbons (Fsp3) is 0.476. The highest BCUT2D eigenvalue weighted by molar-refractivity contribution is 7.89. The molecule has 1 saturated heterocycles. The average Bonchev–Trinajstić information content (AvgIpc) is 3.25. The third-order valence-electron chi connectivity index (χ3n) is 5.08. The maximum Gasteiger partial charge on any atom is 0.227 e. The van der Waals surface area contributed by atoms with E-state index in [1.807, 2.05) is 35.7 Å². The highest BCUT2D eigenvalue weighted by Crippen LogP contribution is 2.13. The molecule has 3 rings (SSSR count). The van der Waals surface area contributed by atoms with Gasteiger partial charge in [-0.15, -0.1) is 11.3 Å². The number of nitrogens with zero attached hydrogens (tertiary/aromatic N) is 2. The van der Waals surface area contributed by atoms with E-state index in [9.17, 15) is 13.2 Å². The predicted octanol–water partition coefficient (Wildman–Crippen LogP) is 1.99. The van der Waals surface area contributed by atoms with Gasteiger partial charge in [0.2, 0.25) is 15.9 Å². The first-order chi connectivity index (χ1) is 14.0. The Morgan fingerprint density at radius 2 is 1.83 bits per heavy atom. The molecule has 158 valence electrons. The number of piperazine rings is 1. The lowest BCUT2D eigenvalue weighted by molar-refractivity contribution is -0.130. The van der Waals surface area contributed by atoms with E-state index in [0.29, 0.717) is 39.1 Å². The Morgan fingerprint density at radius 1 is 1.07 bits per heavy atom. The van der Waals surface area contributed by atoms with Gasteiger partial charge in [-0.2, -0.15) is 4.31 Å². The summed E-state index contributed by atoms with van der Waals surface area (Å²) < 4.78 is 26.9. The van der Waals surface area contributed by atoms with Gasteiger partial charge in [0.1, 0.15) is 0 Å². The Balaban J connectivity index is 1.58. The summed E-state index contributed by atoms with van der Waals surface area (Å²) in [7, 11) is -3.35. The van der Waals surface area contributed by atoms with Gasteiger partial charge < -0.3 is 10.2 Å². The summed E-state index contributed by atoms with van der Waals surface area (Å²) in [5, 5.41) is 5.12. The topological polar surface area (TPSA) is 69.7 Å². The third kappa shape index (κ3) is 6.92. The molecule has 1 aliphatic rings. The second-order valence-electron chi connectivity index (χ2n) is 7.19. The van der Waals surface area contributed by atoms with Crippen molar-refractivity contribution in [3.05, 3.63) is 58.3 Å². The van der Waals surface area contributed by atoms with E-state index in [2.05, 4.69) is 17.4 Å². The van der Waals surface area contributed by atoms with Crippen LogP contribution in [-0.4, -0.2) is 68.6 Å². The van der Waals surface area contributed by atoms with E-state index in [1.54, 1.807) is 16.2 Å². The van der Waals surface area contributed by atoms with E-state index in [1.165, 1.54) is 9.87 Å². The maximum absolute atomic E-state index is 12.9. The van der Waals surface area contributed by atoms with Crippen molar-refractivity contribution in [2.45, 2.75) is 19.3 Å². The summed E-state index contributed by atoms with van der Waals surface area (Å²) in [6.45, 7) is 3.16. The van der Waals surface area contributed by atoms with Gasteiger partial charge in [0.05, 0.1) is 12.2 Å². The van der Waals surface area contributed by atoms with Crippen LogP contribution in [0.5, 0.6) is 0 Å². The molecule has 1 aromatic heterocycles. The van der Waals surface area contributed by atoms with Crippen LogP contribution in [0.3, 0.4) is 0 Å². The van der Waals surface area contributed by atoms with E-state index >= 15 is 0 Å². The average molecular weight is 436 g/mol. The molecule has 0 atom stereocenters. The summed E-state index contributed by atoms with van der Waals surface area (Å²) in [5.41, 5.74) is 1.23. The lowest BCUT2D eigenvalue weighted by Crippen LogP contribution is -2.48. The van der Waals surface area contributed by atoms with Crippen molar-refractivity contribution in [2.75, 3.05) is 45.0 Å². The van der Waals surface area contributed by atoms with E-state index in [4.69, 9.17) is 0 Å². The van der Waals surface area contributed by atoms with Crippen LogP contribution < -0.4 is 5.32 Å². The highest BCUT2D eigenvalue weighted by atomic mass is 32.2. The number of thiophene rings is 1. The quantitative estimate of drug-likeness (QED) is 0.620. The number of benzene rings is 1. The standard InChI is InChI=1S/C21H29N3O3S2/c25-21(18-20-9-5-16-28-20)23(12-4-8-19-6-2-1-3-7-19)15-17-29(26,27)24-13-10-22-11-14-24/h1-3,5-7,9,16,22H,4,8,10-15,17-18H2. The number of amides is 1. The van der Waals surface area contributed by atoms with Crippen molar-refractivity contribution >= 4 is 27.3 Å². The molecule has 6 nitrogen and oxygen atoms in total. The van der Waals surface area contributed by atoms with Crippen LogP contribution in [0.25, 0.3) is 0 Å². The molecule has 1 fully saturated rings. The minimum atomic E-state index is -3.35. The van der Waals surface area contributed by atoms with Crippen molar-refractivity contribution in [1.29, 1.82) is 0 Å². The van der Waals surface area contributed by atoms with Crippen molar-refractivity contribution in [2.24, 2.45) is 0 Å². The molecule has 2 aromatic rings. The van der Waals surface area contributed by atoms with Crippen LogP contribution in [-0.2, 0) is 27.7 Å². The molecule has 1 aliphatic heterocycles. The molecule has 0 unspecified atom stereocenters. The second kappa shape index (κ2) is 10.9. The molecule has 1 N–H and O–H groups in total. The van der Waals surface area contributed by atoms with Crippen LogP contribution >= 0.6 is 11.3 Å². The van der Waals surface area contributed by atoms with Crippen molar-refractivity contribution in [1.82, 2.24) is 14.5 Å². The number of carbonyl (C=O) groups is 1. The first-order valence-corrected chi connectivity index (χ1v) is 12.6. The summed E-state index contributed by atoms with van der Waals surface area (Å²) in [5.74, 6) is -0.0230. The molecule has 29 heavy (non-hydrogen) atoms. The molecular formula is C21H29N3O3S2. The molecule has 1 aromatic carbocycles. The minimum absolute atomic E-state index is 0.00368. The summed E-state index contributed by atoms with van der Waals surface area (Å²) in [6, 6.07) is 14.0. The number of hydrogen-bond acceptors (Lipinski definition) is 5.